The first kappa shape index (κ1) is 19.6. The summed E-state index contributed by atoms with van der Waals surface area (Å²) >= 11 is 1.30. The number of benzene rings is 1. The zero-order valence-electron chi connectivity index (χ0n) is 16.4. The van der Waals surface area contributed by atoms with E-state index in [1.807, 2.05) is 44.2 Å². The van der Waals surface area contributed by atoms with Crippen molar-refractivity contribution in [3.8, 4) is 5.69 Å². The zero-order chi connectivity index (χ0) is 20.2. The Morgan fingerprint density at radius 3 is 2.90 bits per heavy atom. The van der Waals surface area contributed by atoms with Crippen LogP contribution in [-0.4, -0.2) is 54.4 Å². The van der Waals surface area contributed by atoms with Gasteiger partial charge in [-0.15, -0.1) is 5.10 Å². The zero-order valence-corrected chi connectivity index (χ0v) is 17.2. The average molecular weight is 414 g/mol. The first-order chi connectivity index (χ1) is 14.1. The highest BCUT2D eigenvalue weighted by molar-refractivity contribution is 7.99. The quantitative estimate of drug-likeness (QED) is 0.594. The summed E-state index contributed by atoms with van der Waals surface area (Å²) in [5, 5.41) is 19.8. The molecule has 2 aromatic heterocycles. The van der Waals surface area contributed by atoms with Crippen molar-refractivity contribution >= 4 is 23.5 Å². The number of aryl methyl sites for hydroxylation is 2. The Morgan fingerprint density at radius 1 is 1.31 bits per heavy atom. The molecule has 0 unspecified atom stereocenters. The summed E-state index contributed by atoms with van der Waals surface area (Å²) in [6.07, 6.45) is 2.21. The Bertz CT molecular complexity index is 977. The molecule has 0 saturated carbocycles. The predicted octanol–water partition coefficient (Wildman–Crippen LogP) is 2.39. The van der Waals surface area contributed by atoms with E-state index in [-0.39, 0.29) is 17.8 Å². The van der Waals surface area contributed by atoms with E-state index in [0.29, 0.717) is 17.5 Å². The van der Waals surface area contributed by atoms with Gasteiger partial charge in [0, 0.05) is 12.7 Å². The lowest BCUT2D eigenvalue weighted by molar-refractivity contribution is -0.113. The monoisotopic (exact) mass is 413 g/mol. The number of carbonyl (C=O) groups is 1. The molecule has 3 aromatic rings. The predicted molar refractivity (Wildman–Crippen MR) is 109 cm³/mol. The molecule has 4 rings (SSSR count). The first-order valence-electron chi connectivity index (χ1n) is 9.52. The second-order valence-corrected chi connectivity index (χ2v) is 7.98. The van der Waals surface area contributed by atoms with Gasteiger partial charge in [0.25, 0.3) is 0 Å². The van der Waals surface area contributed by atoms with E-state index in [0.717, 1.165) is 30.8 Å². The minimum atomic E-state index is -0.144. The van der Waals surface area contributed by atoms with Crippen molar-refractivity contribution in [3.05, 3.63) is 41.6 Å². The van der Waals surface area contributed by atoms with Crippen molar-refractivity contribution in [2.75, 3.05) is 17.7 Å². The second-order valence-electron chi connectivity index (χ2n) is 7.03. The molecule has 1 amide bonds. The van der Waals surface area contributed by atoms with E-state index in [2.05, 4.69) is 25.9 Å². The van der Waals surface area contributed by atoms with E-state index in [9.17, 15) is 4.79 Å². The lowest BCUT2D eigenvalue weighted by Gasteiger charge is -2.10. The molecular formula is C19H23N7O2S. The average Bonchev–Trinajstić information content (AvgIpc) is 3.44. The van der Waals surface area contributed by atoms with E-state index < -0.39 is 0 Å². The van der Waals surface area contributed by atoms with Crippen LogP contribution in [0.15, 0.2) is 35.5 Å². The van der Waals surface area contributed by atoms with Crippen molar-refractivity contribution in [3.63, 3.8) is 0 Å². The van der Waals surface area contributed by atoms with Gasteiger partial charge < -0.3 is 10.1 Å². The molecule has 1 aliphatic rings. The Balaban J connectivity index is 1.38. The molecule has 1 saturated heterocycles. The van der Waals surface area contributed by atoms with Crippen molar-refractivity contribution in [1.29, 1.82) is 0 Å². The number of hydrogen-bond acceptors (Lipinski definition) is 7. The maximum Gasteiger partial charge on any atom is 0.236 e. The van der Waals surface area contributed by atoms with Gasteiger partial charge in [0.15, 0.2) is 0 Å². The molecule has 9 nitrogen and oxygen atoms in total. The van der Waals surface area contributed by atoms with Gasteiger partial charge in [-0.3, -0.25) is 4.79 Å². The number of nitrogens with one attached hydrogen (secondary N) is 1. The first-order valence-corrected chi connectivity index (χ1v) is 10.5. The molecule has 10 heteroatoms. The summed E-state index contributed by atoms with van der Waals surface area (Å²) in [7, 11) is 0. The Kier molecular flexibility index (Phi) is 5.91. The number of carbonyl (C=O) groups excluding carboxylic acids is 1. The smallest absolute Gasteiger partial charge is 0.236 e. The van der Waals surface area contributed by atoms with Crippen LogP contribution in [0.5, 0.6) is 0 Å². The largest absolute Gasteiger partial charge is 0.376 e. The number of thioether (sulfide) groups is 1. The summed E-state index contributed by atoms with van der Waals surface area (Å²) in [5.74, 6) is 0.690. The normalized spacial score (nSPS) is 16.3. The summed E-state index contributed by atoms with van der Waals surface area (Å²) in [6, 6.07) is 9.84. The number of amides is 1. The molecule has 0 spiro atoms. The summed E-state index contributed by atoms with van der Waals surface area (Å²) in [5.41, 5.74) is 2.89. The van der Waals surface area contributed by atoms with Gasteiger partial charge in [0.05, 0.1) is 29.8 Å². The van der Waals surface area contributed by atoms with Gasteiger partial charge in [0.1, 0.15) is 5.82 Å². The molecule has 29 heavy (non-hydrogen) atoms. The Labute approximate surface area is 172 Å². The van der Waals surface area contributed by atoms with Crippen LogP contribution in [0.25, 0.3) is 5.69 Å². The lowest BCUT2D eigenvalue weighted by Crippen LogP contribution is -2.19. The van der Waals surface area contributed by atoms with Crippen molar-refractivity contribution in [1.82, 2.24) is 30.0 Å². The van der Waals surface area contributed by atoms with Crippen LogP contribution >= 0.6 is 11.8 Å². The van der Waals surface area contributed by atoms with Gasteiger partial charge in [-0.1, -0.05) is 29.5 Å². The molecule has 0 radical (unpaired) electrons. The third-order valence-corrected chi connectivity index (χ3v) is 5.57. The molecule has 0 aliphatic carbocycles. The van der Waals surface area contributed by atoms with Crippen molar-refractivity contribution in [2.45, 2.75) is 44.5 Å². The summed E-state index contributed by atoms with van der Waals surface area (Å²) in [4.78, 5) is 12.5. The maximum absolute atomic E-state index is 12.5. The van der Waals surface area contributed by atoms with Crippen LogP contribution in [0.4, 0.5) is 5.82 Å². The van der Waals surface area contributed by atoms with Crippen molar-refractivity contribution < 1.29 is 9.53 Å². The standard InChI is InChI=1S/C19H23N7O2S/c1-13-5-7-15(8-6-13)26-17(10-14(2)22-26)20-18(27)12-29-19-21-23-24-25(19)11-16-4-3-9-28-16/h5-8,10,16H,3-4,9,11-12H2,1-2H3,(H,20,27)/t16-/m0/s1. The Hall–Kier alpha value is -2.72. The molecule has 1 aliphatic heterocycles. The van der Waals surface area contributed by atoms with Gasteiger partial charge in [-0.2, -0.15) is 5.10 Å². The molecule has 1 fully saturated rings. The number of tetrazole rings is 1. The van der Waals surface area contributed by atoms with Crippen LogP contribution < -0.4 is 5.32 Å². The molecule has 3 heterocycles. The topological polar surface area (TPSA) is 99.8 Å². The van der Waals surface area contributed by atoms with Crippen LogP contribution in [-0.2, 0) is 16.1 Å². The SMILES string of the molecule is Cc1ccc(-n2nc(C)cc2NC(=O)CSc2nnnn2C[C@@H]2CCCO2)cc1. The fourth-order valence-electron chi connectivity index (χ4n) is 3.18. The van der Waals surface area contributed by atoms with Gasteiger partial charge in [0.2, 0.25) is 11.1 Å². The highest BCUT2D eigenvalue weighted by atomic mass is 32.2. The molecule has 152 valence electrons. The highest BCUT2D eigenvalue weighted by Gasteiger charge is 2.19. The summed E-state index contributed by atoms with van der Waals surface area (Å²) in [6.45, 7) is 5.32. The minimum Gasteiger partial charge on any atom is -0.376 e. The van der Waals surface area contributed by atoms with Gasteiger partial charge >= 0.3 is 0 Å². The van der Waals surface area contributed by atoms with Crippen LogP contribution in [0, 0.1) is 13.8 Å². The van der Waals surface area contributed by atoms with Crippen LogP contribution in [0.3, 0.4) is 0 Å². The number of rotatable bonds is 7. The third kappa shape index (κ3) is 4.83. The molecule has 1 N–H and O–H groups in total. The van der Waals surface area contributed by atoms with Crippen molar-refractivity contribution in [2.24, 2.45) is 0 Å². The van der Waals surface area contributed by atoms with Gasteiger partial charge in [-0.25, -0.2) is 9.36 Å². The van der Waals surface area contributed by atoms with E-state index in [1.54, 1.807) is 9.36 Å². The highest BCUT2D eigenvalue weighted by Crippen LogP contribution is 2.20. The number of ether oxygens (including phenoxy) is 1. The molecular weight excluding hydrogens is 390 g/mol. The maximum atomic E-state index is 12.5. The summed E-state index contributed by atoms with van der Waals surface area (Å²) < 4.78 is 9.07. The molecule has 1 atom stereocenters. The van der Waals surface area contributed by atoms with Gasteiger partial charge in [-0.05, 0) is 49.2 Å². The van der Waals surface area contributed by atoms with E-state index in [4.69, 9.17) is 4.74 Å². The Morgan fingerprint density at radius 2 is 2.14 bits per heavy atom. The van der Waals surface area contributed by atoms with Crippen LogP contribution in [0.2, 0.25) is 0 Å². The third-order valence-electron chi connectivity index (χ3n) is 4.61. The molecule has 0 bridgehead atoms. The van der Waals surface area contributed by atoms with E-state index in [1.165, 1.54) is 17.3 Å². The second kappa shape index (κ2) is 8.75. The number of anilines is 1. The fraction of sp³-hybridized carbons (Fsp3) is 0.421. The number of nitrogens with zero attached hydrogens (tertiary/aromatic N) is 6. The lowest BCUT2D eigenvalue weighted by atomic mass is 10.2. The minimum absolute atomic E-state index is 0.138. The number of hydrogen-bond donors (Lipinski definition) is 1. The fourth-order valence-corrected chi connectivity index (χ4v) is 3.86. The van der Waals surface area contributed by atoms with Crippen LogP contribution in [0.1, 0.15) is 24.1 Å². The van der Waals surface area contributed by atoms with E-state index >= 15 is 0 Å². The molecule has 1 aromatic carbocycles. The number of aromatic nitrogens is 6.